The van der Waals surface area contributed by atoms with Crippen molar-refractivity contribution in [3.05, 3.63) is 35.9 Å². The Morgan fingerprint density at radius 3 is 2.76 bits per heavy atom. The maximum atomic E-state index is 12.9. The van der Waals surface area contributed by atoms with Gasteiger partial charge in [0.25, 0.3) is 5.91 Å². The van der Waals surface area contributed by atoms with Crippen molar-refractivity contribution < 1.29 is 19.1 Å². The van der Waals surface area contributed by atoms with Crippen molar-refractivity contribution in [1.29, 1.82) is 0 Å². The molecule has 0 aromatic heterocycles. The third-order valence-corrected chi connectivity index (χ3v) is 4.83. The van der Waals surface area contributed by atoms with Gasteiger partial charge in [-0.3, -0.25) is 14.5 Å². The Morgan fingerprint density at radius 2 is 2.12 bits per heavy atom. The van der Waals surface area contributed by atoms with E-state index in [0.717, 1.165) is 23.3 Å². The van der Waals surface area contributed by atoms with Gasteiger partial charge in [-0.25, -0.2) is 4.79 Å². The standard InChI is InChI=1S/C18H23N3O4/c1-2-18(13-7-4-3-5-8-13)16(23)21(17(24)20-18)12-15(22)19-11-14-9-6-10-25-14/h3-5,7-8,14H,2,6,9-12H2,1H3,(H,19,22)(H,20,24). The Hall–Kier alpha value is -2.41. The summed E-state index contributed by atoms with van der Waals surface area (Å²) in [5, 5.41) is 5.51. The molecular weight excluding hydrogens is 322 g/mol. The zero-order valence-electron chi connectivity index (χ0n) is 14.3. The second-order valence-corrected chi connectivity index (χ2v) is 6.39. The predicted octanol–water partition coefficient (Wildman–Crippen LogP) is 1.14. The molecule has 2 fully saturated rings. The summed E-state index contributed by atoms with van der Waals surface area (Å²) in [5.74, 6) is -0.752. The summed E-state index contributed by atoms with van der Waals surface area (Å²) in [4.78, 5) is 38.4. The van der Waals surface area contributed by atoms with Crippen molar-refractivity contribution in [1.82, 2.24) is 15.5 Å². The number of carbonyl (C=O) groups is 3. The lowest BCUT2D eigenvalue weighted by molar-refractivity contribution is -0.135. The Bertz CT molecular complexity index is 658. The van der Waals surface area contributed by atoms with Crippen LogP contribution in [0, 0.1) is 0 Å². The van der Waals surface area contributed by atoms with Crippen LogP contribution < -0.4 is 10.6 Å². The summed E-state index contributed by atoms with van der Waals surface area (Å²) in [5.41, 5.74) is -0.384. The van der Waals surface area contributed by atoms with Gasteiger partial charge in [-0.1, -0.05) is 37.3 Å². The monoisotopic (exact) mass is 345 g/mol. The van der Waals surface area contributed by atoms with Crippen molar-refractivity contribution in [2.24, 2.45) is 0 Å². The number of rotatable bonds is 6. The maximum absolute atomic E-state index is 12.9. The average molecular weight is 345 g/mol. The van der Waals surface area contributed by atoms with Crippen LogP contribution in [0.3, 0.4) is 0 Å². The molecule has 1 aromatic carbocycles. The van der Waals surface area contributed by atoms with Crippen molar-refractivity contribution in [3.63, 3.8) is 0 Å². The van der Waals surface area contributed by atoms with Crippen LogP contribution in [0.4, 0.5) is 4.79 Å². The lowest BCUT2D eigenvalue weighted by Crippen LogP contribution is -2.45. The molecule has 2 N–H and O–H groups in total. The molecule has 25 heavy (non-hydrogen) atoms. The van der Waals surface area contributed by atoms with E-state index < -0.39 is 17.5 Å². The molecule has 134 valence electrons. The van der Waals surface area contributed by atoms with Crippen LogP contribution in [0.25, 0.3) is 0 Å². The van der Waals surface area contributed by atoms with Gasteiger partial charge in [-0.15, -0.1) is 0 Å². The molecule has 0 radical (unpaired) electrons. The van der Waals surface area contributed by atoms with Gasteiger partial charge in [0.15, 0.2) is 0 Å². The summed E-state index contributed by atoms with van der Waals surface area (Å²) >= 11 is 0. The SMILES string of the molecule is CCC1(c2ccccc2)NC(=O)N(CC(=O)NCC2CCCO2)C1=O. The van der Waals surface area contributed by atoms with E-state index in [4.69, 9.17) is 4.74 Å². The molecule has 2 atom stereocenters. The summed E-state index contributed by atoms with van der Waals surface area (Å²) in [7, 11) is 0. The number of nitrogens with zero attached hydrogens (tertiary/aromatic N) is 1. The van der Waals surface area contributed by atoms with Gasteiger partial charge in [0.1, 0.15) is 12.1 Å². The van der Waals surface area contributed by atoms with Crippen LogP contribution in [0.2, 0.25) is 0 Å². The highest BCUT2D eigenvalue weighted by molar-refractivity contribution is 6.09. The first-order chi connectivity index (χ1) is 12.1. The van der Waals surface area contributed by atoms with Crippen LogP contribution in [0.15, 0.2) is 30.3 Å². The van der Waals surface area contributed by atoms with E-state index in [1.807, 2.05) is 37.3 Å². The first kappa shape index (κ1) is 17.4. The van der Waals surface area contributed by atoms with Crippen LogP contribution in [0.5, 0.6) is 0 Å². The topological polar surface area (TPSA) is 87.7 Å². The summed E-state index contributed by atoms with van der Waals surface area (Å²) < 4.78 is 5.45. The summed E-state index contributed by atoms with van der Waals surface area (Å²) in [6.45, 7) is 2.67. The zero-order chi connectivity index (χ0) is 17.9. The zero-order valence-corrected chi connectivity index (χ0v) is 14.3. The van der Waals surface area contributed by atoms with Crippen molar-refractivity contribution in [2.75, 3.05) is 19.7 Å². The van der Waals surface area contributed by atoms with Gasteiger partial charge in [0.05, 0.1) is 6.10 Å². The Morgan fingerprint density at radius 1 is 1.36 bits per heavy atom. The number of urea groups is 1. The molecule has 2 heterocycles. The molecule has 2 aliphatic rings. The van der Waals surface area contributed by atoms with Gasteiger partial charge < -0.3 is 15.4 Å². The van der Waals surface area contributed by atoms with Crippen LogP contribution in [-0.4, -0.2) is 48.5 Å². The van der Waals surface area contributed by atoms with Crippen LogP contribution >= 0.6 is 0 Å². The van der Waals surface area contributed by atoms with Crippen molar-refractivity contribution in [2.45, 2.75) is 37.8 Å². The fourth-order valence-electron chi connectivity index (χ4n) is 3.36. The molecular formula is C18H23N3O4. The highest BCUT2D eigenvalue weighted by Crippen LogP contribution is 2.32. The van der Waals surface area contributed by atoms with Crippen molar-refractivity contribution >= 4 is 17.8 Å². The summed E-state index contributed by atoms with van der Waals surface area (Å²) in [6, 6.07) is 8.57. The third kappa shape index (κ3) is 3.37. The predicted molar refractivity (Wildman–Crippen MR) is 90.6 cm³/mol. The Kier molecular flexibility index (Phi) is 5.03. The van der Waals surface area contributed by atoms with Crippen LogP contribution in [0.1, 0.15) is 31.7 Å². The van der Waals surface area contributed by atoms with E-state index in [1.165, 1.54) is 0 Å². The average Bonchev–Trinajstić information content (AvgIpc) is 3.23. The lowest BCUT2D eigenvalue weighted by Gasteiger charge is -2.25. The van der Waals surface area contributed by atoms with Crippen LogP contribution in [-0.2, 0) is 19.9 Å². The molecule has 4 amide bonds. The van der Waals surface area contributed by atoms with E-state index in [2.05, 4.69) is 10.6 Å². The minimum absolute atomic E-state index is 0.0195. The van der Waals surface area contributed by atoms with E-state index in [0.29, 0.717) is 19.6 Å². The number of benzene rings is 1. The normalized spacial score (nSPS) is 26.0. The smallest absolute Gasteiger partial charge is 0.325 e. The molecule has 2 aliphatic heterocycles. The largest absolute Gasteiger partial charge is 0.376 e. The Labute approximate surface area is 146 Å². The molecule has 1 aromatic rings. The number of amides is 4. The minimum atomic E-state index is -1.10. The number of carbonyl (C=O) groups excluding carboxylic acids is 3. The molecule has 2 unspecified atom stereocenters. The fourth-order valence-corrected chi connectivity index (χ4v) is 3.36. The van der Waals surface area contributed by atoms with Gasteiger partial charge in [0, 0.05) is 13.2 Å². The maximum Gasteiger partial charge on any atom is 0.325 e. The van der Waals surface area contributed by atoms with E-state index in [-0.39, 0.29) is 18.6 Å². The van der Waals surface area contributed by atoms with Crippen molar-refractivity contribution in [3.8, 4) is 0 Å². The third-order valence-electron chi connectivity index (χ3n) is 4.83. The number of hydrogen-bond donors (Lipinski definition) is 2. The minimum Gasteiger partial charge on any atom is -0.376 e. The lowest BCUT2D eigenvalue weighted by atomic mass is 9.87. The van der Waals surface area contributed by atoms with Gasteiger partial charge >= 0.3 is 6.03 Å². The van der Waals surface area contributed by atoms with E-state index in [9.17, 15) is 14.4 Å². The molecule has 3 rings (SSSR count). The molecule has 0 spiro atoms. The number of hydrogen-bond acceptors (Lipinski definition) is 4. The van der Waals surface area contributed by atoms with E-state index in [1.54, 1.807) is 0 Å². The number of ether oxygens (including phenoxy) is 1. The fraction of sp³-hybridized carbons (Fsp3) is 0.500. The molecule has 7 nitrogen and oxygen atoms in total. The number of nitrogens with one attached hydrogen (secondary N) is 2. The van der Waals surface area contributed by atoms with Gasteiger partial charge in [-0.2, -0.15) is 0 Å². The number of imide groups is 1. The quantitative estimate of drug-likeness (QED) is 0.757. The summed E-state index contributed by atoms with van der Waals surface area (Å²) in [6.07, 6.45) is 2.33. The van der Waals surface area contributed by atoms with E-state index >= 15 is 0 Å². The second kappa shape index (κ2) is 7.23. The first-order valence-corrected chi connectivity index (χ1v) is 8.65. The van der Waals surface area contributed by atoms with Gasteiger partial charge in [-0.05, 0) is 24.8 Å². The molecule has 2 saturated heterocycles. The molecule has 0 aliphatic carbocycles. The highest BCUT2D eigenvalue weighted by atomic mass is 16.5. The molecule has 0 saturated carbocycles. The molecule has 0 bridgehead atoms. The van der Waals surface area contributed by atoms with Gasteiger partial charge in [0.2, 0.25) is 5.91 Å². The highest BCUT2D eigenvalue weighted by Gasteiger charge is 2.51. The second-order valence-electron chi connectivity index (χ2n) is 6.39. The Balaban J connectivity index is 1.67. The first-order valence-electron chi connectivity index (χ1n) is 8.65. The molecule has 7 heteroatoms.